The van der Waals surface area contributed by atoms with E-state index in [0.29, 0.717) is 5.75 Å². The van der Waals surface area contributed by atoms with Crippen molar-refractivity contribution >= 4 is 16.5 Å². The fraction of sp³-hybridized carbons (Fsp3) is 0.158. The molecule has 0 amide bonds. The third kappa shape index (κ3) is 2.70. The molecular formula is C19H19NO. The number of phenolic OH excluding ortho intramolecular Hbond substituents is 1. The molecule has 0 heterocycles. The Morgan fingerprint density at radius 2 is 1.71 bits per heavy atom. The first kappa shape index (κ1) is 13.5. The number of aromatic hydroxyl groups is 1. The Morgan fingerprint density at radius 1 is 0.952 bits per heavy atom. The van der Waals surface area contributed by atoms with Crippen molar-refractivity contribution in [1.82, 2.24) is 0 Å². The molecule has 3 rings (SSSR count). The third-order valence-electron chi connectivity index (χ3n) is 3.81. The average Bonchev–Trinajstić information content (AvgIpc) is 2.47. The largest absolute Gasteiger partial charge is 0.508 e. The highest BCUT2D eigenvalue weighted by molar-refractivity contribution is 5.93. The summed E-state index contributed by atoms with van der Waals surface area (Å²) in [5, 5.41) is 16.0. The Balaban J connectivity index is 1.94. The summed E-state index contributed by atoms with van der Waals surface area (Å²) in [6, 6.07) is 20.4. The zero-order valence-corrected chi connectivity index (χ0v) is 12.3. The number of hydrogen-bond donors (Lipinski definition) is 2. The van der Waals surface area contributed by atoms with Gasteiger partial charge in [0, 0.05) is 16.6 Å². The Bertz CT molecular complexity index is 774. The number of benzene rings is 3. The van der Waals surface area contributed by atoms with Gasteiger partial charge in [-0.3, -0.25) is 0 Å². The van der Waals surface area contributed by atoms with Gasteiger partial charge in [-0.15, -0.1) is 0 Å². The molecule has 3 aromatic rings. The number of hydrogen-bond acceptors (Lipinski definition) is 2. The van der Waals surface area contributed by atoms with E-state index < -0.39 is 0 Å². The van der Waals surface area contributed by atoms with Crippen molar-refractivity contribution in [2.75, 3.05) is 5.32 Å². The van der Waals surface area contributed by atoms with Crippen molar-refractivity contribution in [3.63, 3.8) is 0 Å². The minimum Gasteiger partial charge on any atom is -0.508 e. The van der Waals surface area contributed by atoms with Crippen LogP contribution in [0.3, 0.4) is 0 Å². The molecule has 1 atom stereocenters. The minimum absolute atomic E-state index is 0.0383. The molecule has 2 heteroatoms. The van der Waals surface area contributed by atoms with Crippen molar-refractivity contribution in [3.05, 3.63) is 71.8 Å². The summed E-state index contributed by atoms with van der Waals surface area (Å²) in [5.74, 6) is 0.343. The predicted molar refractivity (Wildman–Crippen MR) is 88.8 cm³/mol. The van der Waals surface area contributed by atoms with Crippen LogP contribution in [-0.4, -0.2) is 5.11 Å². The molecule has 0 aliphatic rings. The van der Waals surface area contributed by atoms with E-state index in [-0.39, 0.29) is 6.04 Å². The molecule has 0 bridgehead atoms. The van der Waals surface area contributed by atoms with Crippen molar-refractivity contribution in [1.29, 1.82) is 0 Å². The molecule has 21 heavy (non-hydrogen) atoms. The van der Waals surface area contributed by atoms with Crippen molar-refractivity contribution in [2.24, 2.45) is 0 Å². The van der Waals surface area contributed by atoms with E-state index >= 15 is 0 Å². The number of phenols is 1. The first-order valence-corrected chi connectivity index (χ1v) is 7.19. The fourth-order valence-electron chi connectivity index (χ4n) is 2.68. The molecule has 2 N–H and O–H groups in total. The molecular weight excluding hydrogens is 258 g/mol. The van der Waals surface area contributed by atoms with Crippen LogP contribution < -0.4 is 5.32 Å². The summed E-state index contributed by atoms with van der Waals surface area (Å²) in [7, 11) is 0. The van der Waals surface area contributed by atoms with Gasteiger partial charge in [0.05, 0.1) is 6.04 Å². The zero-order valence-electron chi connectivity index (χ0n) is 12.3. The van der Waals surface area contributed by atoms with E-state index in [1.165, 1.54) is 10.8 Å². The van der Waals surface area contributed by atoms with Crippen LogP contribution in [0.15, 0.2) is 60.7 Å². The van der Waals surface area contributed by atoms with Crippen LogP contribution in [0.2, 0.25) is 0 Å². The molecule has 0 aliphatic heterocycles. The summed E-state index contributed by atoms with van der Waals surface area (Å²) in [4.78, 5) is 0. The number of nitrogens with one attached hydrogen (secondary N) is 1. The maximum absolute atomic E-state index is 10.1. The van der Waals surface area contributed by atoms with Crippen LogP contribution in [0.1, 0.15) is 24.1 Å². The fourth-order valence-corrected chi connectivity index (χ4v) is 2.68. The molecule has 0 fully saturated rings. The maximum atomic E-state index is 10.1. The van der Waals surface area contributed by atoms with Gasteiger partial charge in [-0.2, -0.15) is 0 Å². The van der Waals surface area contributed by atoms with Gasteiger partial charge in [-0.05, 0) is 36.9 Å². The lowest BCUT2D eigenvalue weighted by Gasteiger charge is -2.18. The Hall–Kier alpha value is -2.48. The molecule has 0 saturated carbocycles. The van der Waals surface area contributed by atoms with Gasteiger partial charge in [0.1, 0.15) is 5.75 Å². The van der Waals surface area contributed by atoms with Crippen molar-refractivity contribution in [2.45, 2.75) is 19.9 Å². The molecule has 0 radical (unpaired) electrons. The molecule has 0 aromatic heterocycles. The van der Waals surface area contributed by atoms with Crippen LogP contribution in [-0.2, 0) is 0 Å². The second-order valence-electron chi connectivity index (χ2n) is 5.46. The number of rotatable bonds is 3. The van der Waals surface area contributed by atoms with Gasteiger partial charge in [-0.1, -0.05) is 48.5 Å². The average molecular weight is 277 g/mol. The van der Waals surface area contributed by atoms with E-state index in [9.17, 15) is 5.11 Å². The molecule has 1 unspecified atom stereocenters. The van der Waals surface area contributed by atoms with E-state index in [1.807, 2.05) is 37.3 Å². The van der Waals surface area contributed by atoms with E-state index in [1.54, 1.807) is 6.07 Å². The predicted octanol–water partition coefficient (Wildman–Crippen LogP) is 5.03. The van der Waals surface area contributed by atoms with Gasteiger partial charge < -0.3 is 10.4 Å². The summed E-state index contributed by atoms with van der Waals surface area (Å²) < 4.78 is 0. The molecule has 3 aromatic carbocycles. The van der Waals surface area contributed by atoms with Gasteiger partial charge in [0.25, 0.3) is 0 Å². The van der Waals surface area contributed by atoms with Crippen LogP contribution >= 0.6 is 0 Å². The van der Waals surface area contributed by atoms with Gasteiger partial charge >= 0.3 is 0 Å². The molecule has 106 valence electrons. The summed E-state index contributed by atoms with van der Waals surface area (Å²) >= 11 is 0. The van der Waals surface area contributed by atoms with Crippen molar-refractivity contribution < 1.29 is 5.11 Å². The second-order valence-corrected chi connectivity index (χ2v) is 5.46. The highest BCUT2D eigenvalue weighted by Crippen LogP contribution is 2.30. The molecule has 2 nitrogen and oxygen atoms in total. The summed E-state index contributed by atoms with van der Waals surface area (Å²) in [5.41, 5.74) is 3.06. The monoisotopic (exact) mass is 277 g/mol. The third-order valence-corrected chi connectivity index (χ3v) is 3.81. The van der Waals surface area contributed by atoms with Gasteiger partial charge in [0.15, 0.2) is 0 Å². The normalized spacial score (nSPS) is 12.3. The lowest BCUT2D eigenvalue weighted by atomic mass is 10.0. The lowest BCUT2D eigenvalue weighted by molar-refractivity contribution is 0.465. The first-order valence-electron chi connectivity index (χ1n) is 7.19. The molecule has 0 aliphatic carbocycles. The Labute approximate surface area is 125 Å². The minimum atomic E-state index is 0.0383. The Kier molecular flexibility index (Phi) is 3.53. The number of anilines is 1. The second kappa shape index (κ2) is 5.49. The topological polar surface area (TPSA) is 32.3 Å². The van der Waals surface area contributed by atoms with Gasteiger partial charge in [-0.25, -0.2) is 0 Å². The van der Waals surface area contributed by atoms with Crippen LogP contribution in [0.5, 0.6) is 5.75 Å². The SMILES string of the molecule is Cc1ccc(C(C)Nc2cccc3ccccc23)c(O)c1. The van der Waals surface area contributed by atoms with Crippen LogP contribution in [0, 0.1) is 6.92 Å². The van der Waals surface area contributed by atoms with E-state index in [2.05, 4.69) is 36.5 Å². The quantitative estimate of drug-likeness (QED) is 0.704. The van der Waals surface area contributed by atoms with Crippen molar-refractivity contribution in [3.8, 4) is 5.75 Å². The number of fused-ring (bicyclic) bond motifs is 1. The summed E-state index contributed by atoms with van der Waals surface area (Å²) in [6.07, 6.45) is 0. The molecule has 0 spiro atoms. The molecule has 0 saturated heterocycles. The van der Waals surface area contributed by atoms with Crippen LogP contribution in [0.4, 0.5) is 5.69 Å². The first-order chi connectivity index (χ1) is 10.1. The van der Waals surface area contributed by atoms with E-state index in [4.69, 9.17) is 0 Å². The van der Waals surface area contributed by atoms with Gasteiger partial charge in [0.2, 0.25) is 0 Å². The maximum Gasteiger partial charge on any atom is 0.121 e. The highest BCUT2D eigenvalue weighted by atomic mass is 16.3. The lowest BCUT2D eigenvalue weighted by Crippen LogP contribution is -2.07. The zero-order chi connectivity index (χ0) is 14.8. The smallest absolute Gasteiger partial charge is 0.121 e. The van der Waals surface area contributed by atoms with E-state index in [0.717, 1.165) is 16.8 Å². The highest BCUT2D eigenvalue weighted by Gasteiger charge is 2.11. The standard InChI is InChI=1S/C19H19NO/c1-13-10-11-16(19(21)12-13)14(2)20-18-9-5-7-15-6-3-4-8-17(15)18/h3-12,14,20-21H,1-2H3. The van der Waals surface area contributed by atoms with Crippen LogP contribution in [0.25, 0.3) is 10.8 Å². The Morgan fingerprint density at radius 3 is 2.52 bits per heavy atom. The number of aryl methyl sites for hydroxylation is 1. The summed E-state index contributed by atoms with van der Waals surface area (Å²) in [6.45, 7) is 4.04.